The number of likely N-dealkylation sites (tertiary alicyclic amines) is 1. The predicted molar refractivity (Wildman–Crippen MR) is 122 cm³/mol. The summed E-state index contributed by atoms with van der Waals surface area (Å²) in [5, 5.41) is 0. The van der Waals surface area contributed by atoms with Crippen LogP contribution in [0.4, 0.5) is 4.79 Å². The van der Waals surface area contributed by atoms with Crippen LogP contribution >= 0.6 is 0 Å². The fourth-order valence-corrected chi connectivity index (χ4v) is 4.15. The Labute approximate surface area is 189 Å². The Bertz CT molecular complexity index is 1050. The number of hydrogen-bond donors (Lipinski definition) is 0. The first-order valence-corrected chi connectivity index (χ1v) is 11.2. The lowest BCUT2D eigenvalue weighted by Gasteiger charge is -2.16. The van der Waals surface area contributed by atoms with E-state index >= 15 is 0 Å². The molecule has 6 heteroatoms. The second kappa shape index (κ2) is 9.90. The molecule has 0 N–H and O–H groups in total. The number of rotatable bonds is 7. The van der Waals surface area contributed by atoms with Gasteiger partial charge in [0.2, 0.25) is 5.89 Å². The summed E-state index contributed by atoms with van der Waals surface area (Å²) in [6.45, 7) is 8.17. The zero-order valence-electron chi connectivity index (χ0n) is 18.9. The molecule has 4 rings (SSSR count). The summed E-state index contributed by atoms with van der Waals surface area (Å²) in [5.74, 6) is 3.01. The lowest BCUT2D eigenvalue weighted by atomic mass is 9.91. The molecule has 6 nitrogen and oxygen atoms in total. The summed E-state index contributed by atoms with van der Waals surface area (Å²) in [6.07, 6.45) is 0.687. The van der Waals surface area contributed by atoms with Crippen molar-refractivity contribution in [1.29, 1.82) is 0 Å². The van der Waals surface area contributed by atoms with E-state index in [4.69, 9.17) is 13.9 Å². The fraction of sp³-hybridized carbons (Fsp3) is 0.385. The van der Waals surface area contributed by atoms with Crippen LogP contribution in [0.1, 0.15) is 30.9 Å². The largest absolute Gasteiger partial charge is 0.487 e. The molecule has 2 atom stereocenters. The molecule has 1 amide bonds. The second-order valence-electron chi connectivity index (χ2n) is 8.37. The van der Waals surface area contributed by atoms with Crippen LogP contribution in [-0.4, -0.2) is 35.7 Å². The molecule has 1 aliphatic heterocycles. The number of aryl methyl sites for hydroxylation is 1. The molecule has 0 radical (unpaired) electrons. The van der Waals surface area contributed by atoms with Gasteiger partial charge in [-0.2, -0.15) is 0 Å². The number of benzene rings is 2. The lowest BCUT2D eigenvalue weighted by molar-refractivity contribution is 0.114. The van der Waals surface area contributed by atoms with E-state index in [2.05, 4.69) is 24.0 Å². The maximum absolute atomic E-state index is 12.1. The van der Waals surface area contributed by atoms with Crippen molar-refractivity contribution in [2.75, 3.05) is 19.7 Å². The van der Waals surface area contributed by atoms with E-state index in [1.165, 1.54) is 5.56 Å². The minimum Gasteiger partial charge on any atom is -0.487 e. The third-order valence-corrected chi connectivity index (χ3v) is 5.98. The number of amides is 1. The highest BCUT2D eigenvalue weighted by molar-refractivity contribution is 5.68. The van der Waals surface area contributed by atoms with Crippen LogP contribution in [-0.2, 0) is 17.8 Å². The molecule has 0 aliphatic carbocycles. The van der Waals surface area contributed by atoms with Crippen molar-refractivity contribution < 1.29 is 18.7 Å². The first-order chi connectivity index (χ1) is 15.5. The van der Waals surface area contributed by atoms with Crippen LogP contribution in [0.5, 0.6) is 5.75 Å². The Kier molecular flexibility index (Phi) is 6.78. The second-order valence-corrected chi connectivity index (χ2v) is 8.37. The van der Waals surface area contributed by atoms with E-state index in [1.54, 1.807) is 0 Å². The number of carbonyl (C=O) groups excluding carboxylic acids is 1. The van der Waals surface area contributed by atoms with Crippen molar-refractivity contribution >= 4 is 6.09 Å². The van der Waals surface area contributed by atoms with Crippen molar-refractivity contribution in [3.8, 4) is 17.2 Å². The number of hydrogen-bond acceptors (Lipinski definition) is 5. The van der Waals surface area contributed by atoms with Crippen molar-refractivity contribution in [1.82, 2.24) is 9.88 Å². The number of oxazole rings is 1. The molecule has 1 aromatic heterocycles. The zero-order chi connectivity index (χ0) is 22.5. The average molecular weight is 435 g/mol. The van der Waals surface area contributed by atoms with Crippen molar-refractivity contribution in [2.24, 2.45) is 11.8 Å². The van der Waals surface area contributed by atoms with E-state index in [-0.39, 0.29) is 6.09 Å². The van der Waals surface area contributed by atoms with Gasteiger partial charge >= 0.3 is 6.09 Å². The standard InChI is InChI=1S/C26H30N2O4/c1-4-30-26(29)28-15-18(2)22(16-28)13-20-9-8-12-23(14-20)31-17-24-19(3)32-25(27-24)21-10-6-5-7-11-21/h5-12,14,18,22H,4,13,15-17H2,1-3H3/t18-,22+/m0/s1. The Hall–Kier alpha value is -3.28. The normalized spacial score (nSPS) is 18.0. The number of nitrogens with zero attached hydrogens (tertiary/aromatic N) is 2. The van der Waals surface area contributed by atoms with Crippen molar-refractivity contribution in [2.45, 2.75) is 33.8 Å². The van der Waals surface area contributed by atoms with Crippen molar-refractivity contribution in [3.63, 3.8) is 0 Å². The third-order valence-electron chi connectivity index (χ3n) is 5.98. The van der Waals surface area contributed by atoms with Gasteiger partial charge in [-0.15, -0.1) is 0 Å². The summed E-state index contributed by atoms with van der Waals surface area (Å²) >= 11 is 0. The van der Waals surface area contributed by atoms with Crippen LogP contribution in [0.25, 0.3) is 11.5 Å². The Morgan fingerprint density at radius 2 is 1.97 bits per heavy atom. The van der Waals surface area contributed by atoms with Crippen molar-refractivity contribution in [3.05, 3.63) is 71.6 Å². The molecular weight excluding hydrogens is 404 g/mol. The summed E-state index contributed by atoms with van der Waals surface area (Å²) in [6, 6.07) is 18.0. The number of aromatic nitrogens is 1. The van der Waals surface area contributed by atoms with Gasteiger partial charge in [-0.3, -0.25) is 0 Å². The molecular formula is C26H30N2O4. The van der Waals surface area contributed by atoms with E-state index in [0.29, 0.717) is 30.9 Å². The summed E-state index contributed by atoms with van der Waals surface area (Å²) in [7, 11) is 0. The topological polar surface area (TPSA) is 64.8 Å². The molecule has 0 unspecified atom stereocenters. The van der Waals surface area contributed by atoms with Crippen LogP contribution in [0, 0.1) is 18.8 Å². The lowest BCUT2D eigenvalue weighted by Crippen LogP contribution is -2.29. The Balaban J connectivity index is 1.37. The summed E-state index contributed by atoms with van der Waals surface area (Å²) in [5.41, 5.74) is 2.95. The van der Waals surface area contributed by atoms with Gasteiger partial charge in [0.1, 0.15) is 23.8 Å². The van der Waals surface area contributed by atoms with Gasteiger partial charge in [-0.25, -0.2) is 9.78 Å². The highest BCUT2D eigenvalue weighted by Crippen LogP contribution is 2.28. The first kappa shape index (κ1) is 21.9. The van der Waals surface area contributed by atoms with Gasteiger partial charge in [0.25, 0.3) is 0 Å². The maximum atomic E-state index is 12.1. The molecule has 0 spiro atoms. The quantitative estimate of drug-likeness (QED) is 0.492. The minimum absolute atomic E-state index is 0.211. The van der Waals surface area contributed by atoms with Crippen LogP contribution in [0.15, 0.2) is 59.0 Å². The van der Waals surface area contributed by atoms with Crippen LogP contribution in [0.3, 0.4) is 0 Å². The number of ether oxygens (including phenoxy) is 2. The van der Waals surface area contributed by atoms with E-state index < -0.39 is 0 Å². The molecule has 0 saturated carbocycles. The van der Waals surface area contributed by atoms with E-state index in [1.807, 2.05) is 61.2 Å². The number of carbonyl (C=O) groups is 1. The smallest absolute Gasteiger partial charge is 0.409 e. The monoisotopic (exact) mass is 434 g/mol. The van der Waals surface area contributed by atoms with Gasteiger partial charge in [0.15, 0.2) is 0 Å². The van der Waals surface area contributed by atoms with Gasteiger partial charge in [0.05, 0.1) is 6.61 Å². The molecule has 3 aromatic rings. The molecule has 0 bridgehead atoms. The highest BCUT2D eigenvalue weighted by atomic mass is 16.6. The highest BCUT2D eigenvalue weighted by Gasteiger charge is 2.33. The van der Waals surface area contributed by atoms with Gasteiger partial charge < -0.3 is 18.8 Å². The molecule has 2 aromatic carbocycles. The summed E-state index contributed by atoms with van der Waals surface area (Å²) < 4.78 is 17.0. The Morgan fingerprint density at radius 1 is 1.16 bits per heavy atom. The first-order valence-electron chi connectivity index (χ1n) is 11.2. The van der Waals surface area contributed by atoms with Crippen LogP contribution < -0.4 is 4.74 Å². The maximum Gasteiger partial charge on any atom is 0.409 e. The fourth-order valence-electron chi connectivity index (χ4n) is 4.15. The SMILES string of the molecule is CCOC(=O)N1C[C@@H](Cc2cccc(OCc3nc(-c4ccccc4)oc3C)c2)[C@@H](C)C1. The average Bonchev–Trinajstić information content (AvgIpc) is 3.36. The molecule has 1 aliphatic rings. The molecule has 32 heavy (non-hydrogen) atoms. The van der Waals surface area contributed by atoms with Gasteiger partial charge in [0, 0.05) is 18.7 Å². The third kappa shape index (κ3) is 5.13. The van der Waals surface area contributed by atoms with Gasteiger partial charge in [-0.05, 0) is 61.9 Å². The molecule has 168 valence electrons. The minimum atomic E-state index is -0.211. The van der Waals surface area contributed by atoms with Gasteiger partial charge in [-0.1, -0.05) is 37.3 Å². The molecule has 1 fully saturated rings. The Morgan fingerprint density at radius 3 is 2.75 bits per heavy atom. The zero-order valence-corrected chi connectivity index (χ0v) is 18.9. The van der Waals surface area contributed by atoms with E-state index in [9.17, 15) is 4.79 Å². The molecule has 1 saturated heterocycles. The van der Waals surface area contributed by atoms with Crippen LogP contribution in [0.2, 0.25) is 0 Å². The van der Waals surface area contributed by atoms with E-state index in [0.717, 1.165) is 42.3 Å². The molecule has 2 heterocycles. The summed E-state index contributed by atoms with van der Waals surface area (Å²) in [4.78, 5) is 18.5. The predicted octanol–water partition coefficient (Wildman–Crippen LogP) is 5.50.